The van der Waals surface area contributed by atoms with E-state index in [4.69, 9.17) is 3.07 Å². The predicted octanol–water partition coefficient (Wildman–Crippen LogP) is -0.399. The summed E-state index contributed by atoms with van der Waals surface area (Å²) in [6.45, 7) is 0. The van der Waals surface area contributed by atoms with Crippen LogP contribution in [0.25, 0.3) is 0 Å². The summed E-state index contributed by atoms with van der Waals surface area (Å²) in [5.41, 5.74) is 0. The standard InChI is InChI=1S/C7H6BrFIO/c1-10-11-7-3-2-5(8)4-6(7)9/h2-4H,1H3/q-1. The molecule has 1 rings (SSSR count). The van der Waals surface area contributed by atoms with Crippen LogP contribution < -0.4 is 24.7 Å². The first-order chi connectivity index (χ1) is 5.24. The minimum atomic E-state index is -0.353. The molecule has 4 heteroatoms. The minimum absolute atomic E-state index is 0.305. The van der Waals surface area contributed by atoms with Gasteiger partial charge in [0.15, 0.2) is 0 Å². The van der Waals surface area contributed by atoms with Crippen LogP contribution in [0.15, 0.2) is 22.7 Å². The molecule has 0 saturated carbocycles. The average molecular weight is 332 g/mol. The molecule has 0 N–H and O–H groups in total. The summed E-state index contributed by atoms with van der Waals surface area (Å²) in [5, 5.41) is 0. The van der Waals surface area contributed by atoms with Gasteiger partial charge in [0.2, 0.25) is 0 Å². The number of halogens is 3. The van der Waals surface area contributed by atoms with E-state index in [9.17, 15) is 4.39 Å². The van der Waals surface area contributed by atoms with Gasteiger partial charge in [-0.25, -0.2) is 0 Å². The van der Waals surface area contributed by atoms with Crippen molar-refractivity contribution in [2.24, 2.45) is 0 Å². The van der Waals surface area contributed by atoms with E-state index in [-0.39, 0.29) is 27.4 Å². The van der Waals surface area contributed by atoms with Gasteiger partial charge in [0.25, 0.3) is 0 Å². The maximum atomic E-state index is 12.9. The van der Waals surface area contributed by atoms with Crippen LogP contribution in [0.5, 0.6) is 5.75 Å². The number of rotatable bonds is 2. The molecule has 0 bridgehead atoms. The van der Waals surface area contributed by atoms with Crippen LogP contribution in [0, 0.1) is 5.82 Å². The molecule has 0 atom stereocenters. The molecule has 0 fully saturated rings. The van der Waals surface area contributed by atoms with Gasteiger partial charge in [-0.05, 0) is 0 Å². The van der Waals surface area contributed by atoms with Gasteiger partial charge in [-0.2, -0.15) is 0 Å². The topological polar surface area (TPSA) is 9.23 Å². The molecular formula is C7H6BrFIO-. The van der Waals surface area contributed by atoms with E-state index in [0.717, 1.165) is 4.47 Å². The molecule has 1 aromatic carbocycles. The van der Waals surface area contributed by atoms with Crippen molar-refractivity contribution in [1.29, 1.82) is 0 Å². The molecule has 0 unspecified atom stereocenters. The van der Waals surface area contributed by atoms with E-state index in [1.807, 2.05) is 4.93 Å². The molecule has 1 nitrogen and oxygen atoms in total. The van der Waals surface area contributed by atoms with Crippen molar-refractivity contribution in [3.8, 4) is 5.75 Å². The summed E-state index contributed by atoms with van der Waals surface area (Å²) in [5.74, 6) is 0.0458. The van der Waals surface area contributed by atoms with E-state index < -0.39 is 0 Å². The molecule has 0 heterocycles. The second-order valence-corrected chi connectivity index (χ2v) is 4.04. The Labute approximate surface area is 83.9 Å². The third-order valence-electron chi connectivity index (χ3n) is 1.05. The zero-order valence-corrected chi connectivity index (χ0v) is 9.52. The van der Waals surface area contributed by atoms with Gasteiger partial charge >= 0.3 is 84.2 Å². The third kappa shape index (κ3) is 2.59. The normalized spacial score (nSPS) is 10.1. The fourth-order valence-electron chi connectivity index (χ4n) is 0.621. The van der Waals surface area contributed by atoms with Crippen LogP contribution in [0.2, 0.25) is 0 Å². The van der Waals surface area contributed by atoms with Crippen LogP contribution in [0.1, 0.15) is 0 Å². The Kier molecular flexibility index (Phi) is 3.58. The third-order valence-corrected chi connectivity index (χ3v) is 2.46. The van der Waals surface area contributed by atoms with Crippen molar-refractivity contribution < 1.29 is 29.1 Å². The van der Waals surface area contributed by atoms with Gasteiger partial charge in [0, 0.05) is 0 Å². The fourth-order valence-corrected chi connectivity index (χ4v) is 1.79. The Morgan fingerprint density at radius 1 is 1.55 bits per heavy atom. The first-order valence-corrected chi connectivity index (χ1v) is 6.68. The van der Waals surface area contributed by atoms with Crippen LogP contribution in [-0.2, 0) is 0 Å². The summed E-state index contributed by atoms with van der Waals surface area (Å²) in [7, 11) is 0. The zero-order chi connectivity index (χ0) is 8.27. The van der Waals surface area contributed by atoms with Crippen LogP contribution in [0.3, 0.4) is 0 Å². The molecular weight excluding hydrogens is 326 g/mol. The first kappa shape index (κ1) is 9.25. The average Bonchev–Trinajstić information content (AvgIpc) is 1.95. The Morgan fingerprint density at radius 3 is 2.82 bits per heavy atom. The Morgan fingerprint density at radius 2 is 2.27 bits per heavy atom. The first-order valence-electron chi connectivity index (χ1n) is 2.85. The van der Waals surface area contributed by atoms with Crippen LogP contribution in [-0.4, -0.2) is 4.93 Å². The molecule has 0 spiro atoms. The van der Waals surface area contributed by atoms with E-state index in [0.29, 0.717) is 5.75 Å². The summed E-state index contributed by atoms with van der Waals surface area (Å²) < 4.78 is 18.7. The van der Waals surface area contributed by atoms with Crippen molar-refractivity contribution >= 4 is 15.9 Å². The Balaban J connectivity index is 2.90. The van der Waals surface area contributed by atoms with Crippen molar-refractivity contribution in [3.05, 3.63) is 28.5 Å². The molecule has 0 aliphatic carbocycles. The number of hydrogen-bond donors (Lipinski definition) is 0. The van der Waals surface area contributed by atoms with E-state index in [2.05, 4.69) is 15.9 Å². The number of alkyl halides is 1. The van der Waals surface area contributed by atoms with Crippen molar-refractivity contribution in [3.63, 3.8) is 0 Å². The maximum absolute atomic E-state index is 12.9. The Hall–Kier alpha value is 0.160. The van der Waals surface area contributed by atoms with Gasteiger partial charge in [-0.3, -0.25) is 0 Å². The van der Waals surface area contributed by atoms with E-state index >= 15 is 0 Å². The monoisotopic (exact) mass is 331 g/mol. The summed E-state index contributed by atoms with van der Waals surface area (Å²) in [6.07, 6.45) is 0. The number of hydrogen-bond acceptors (Lipinski definition) is 1. The molecule has 1 aromatic rings. The van der Waals surface area contributed by atoms with Crippen LogP contribution >= 0.6 is 15.9 Å². The zero-order valence-electron chi connectivity index (χ0n) is 5.77. The quantitative estimate of drug-likeness (QED) is 0.529. The van der Waals surface area contributed by atoms with Gasteiger partial charge in [0.05, 0.1) is 0 Å². The predicted molar refractivity (Wildman–Crippen MR) is 40.7 cm³/mol. The second kappa shape index (κ2) is 4.25. The van der Waals surface area contributed by atoms with Crippen molar-refractivity contribution in [2.75, 3.05) is 4.93 Å². The van der Waals surface area contributed by atoms with Gasteiger partial charge in [0.1, 0.15) is 0 Å². The SMILES string of the molecule is C[I-]Oc1ccc(Br)cc1F. The molecule has 0 saturated heterocycles. The molecule has 0 aliphatic rings. The molecule has 62 valence electrons. The number of benzene rings is 1. The summed E-state index contributed by atoms with van der Waals surface area (Å²) >= 11 is 2.81. The molecule has 0 radical (unpaired) electrons. The van der Waals surface area contributed by atoms with Crippen molar-refractivity contribution in [1.82, 2.24) is 0 Å². The van der Waals surface area contributed by atoms with Gasteiger partial charge in [-0.1, -0.05) is 0 Å². The molecule has 0 aliphatic heterocycles. The molecule has 11 heavy (non-hydrogen) atoms. The van der Waals surface area contributed by atoms with E-state index in [1.165, 1.54) is 6.07 Å². The molecule has 0 amide bonds. The Bertz CT molecular complexity index is 254. The second-order valence-electron chi connectivity index (χ2n) is 1.81. The fraction of sp³-hybridized carbons (Fsp3) is 0.143. The van der Waals surface area contributed by atoms with Crippen molar-refractivity contribution in [2.45, 2.75) is 0 Å². The summed E-state index contributed by atoms with van der Waals surface area (Å²) in [4.78, 5) is 1.93. The van der Waals surface area contributed by atoms with Gasteiger partial charge < -0.3 is 0 Å². The summed E-state index contributed by atoms with van der Waals surface area (Å²) in [6, 6.07) is 4.79. The van der Waals surface area contributed by atoms with E-state index in [1.54, 1.807) is 12.1 Å². The van der Waals surface area contributed by atoms with Crippen LogP contribution in [0.4, 0.5) is 4.39 Å². The molecule has 0 aromatic heterocycles. The van der Waals surface area contributed by atoms with Gasteiger partial charge in [-0.15, -0.1) is 0 Å².